The number of carbonyl (C=O) groups is 1. The number of benzene rings is 3. The number of hydrogen-bond acceptors (Lipinski definition) is 7. The van der Waals surface area contributed by atoms with E-state index in [-0.39, 0.29) is 23.2 Å². The van der Waals surface area contributed by atoms with Gasteiger partial charge < -0.3 is 9.64 Å². The highest BCUT2D eigenvalue weighted by molar-refractivity contribution is 5.94. The fourth-order valence-electron chi connectivity index (χ4n) is 4.97. The average Bonchev–Trinajstić information content (AvgIpc) is 2.97. The molecule has 1 unspecified atom stereocenters. The number of nitrogens with zero attached hydrogens (tertiary/aromatic N) is 5. The highest BCUT2D eigenvalue weighted by atomic mass is 16.6. The summed E-state index contributed by atoms with van der Waals surface area (Å²) in [6, 6.07) is 20.2. The van der Waals surface area contributed by atoms with Crippen LogP contribution in [0.2, 0.25) is 0 Å². The van der Waals surface area contributed by atoms with Crippen molar-refractivity contribution in [3.63, 3.8) is 0 Å². The highest BCUT2D eigenvalue weighted by Gasteiger charge is 2.29. The van der Waals surface area contributed by atoms with Crippen LogP contribution >= 0.6 is 0 Å². The molecular weight excluding hydrogens is 498 g/mol. The maximum absolute atomic E-state index is 13.8. The topological polar surface area (TPSA) is 111 Å². The number of ether oxygens (including phenoxy) is 1. The van der Waals surface area contributed by atoms with Gasteiger partial charge in [-0.3, -0.25) is 29.2 Å². The molecule has 0 radical (unpaired) electrons. The number of para-hydroxylation sites is 3. The molecule has 2 heterocycles. The van der Waals surface area contributed by atoms with E-state index in [9.17, 15) is 19.7 Å². The van der Waals surface area contributed by atoms with E-state index in [1.165, 1.54) is 24.3 Å². The van der Waals surface area contributed by atoms with Crippen molar-refractivity contribution in [3.8, 4) is 11.4 Å². The molecule has 1 atom stereocenters. The molecule has 0 N–H and O–H groups in total. The molecular formula is C29H29N5O5. The fraction of sp³-hybridized carbons (Fsp3) is 0.276. The number of nitro groups is 1. The van der Waals surface area contributed by atoms with Crippen LogP contribution in [0, 0.1) is 10.1 Å². The molecule has 10 heteroatoms. The number of piperazine rings is 1. The summed E-state index contributed by atoms with van der Waals surface area (Å²) in [5.74, 6) is 1.04. The minimum atomic E-state index is -0.485. The summed E-state index contributed by atoms with van der Waals surface area (Å²) in [5.41, 5.74) is 1.46. The van der Waals surface area contributed by atoms with Crippen LogP contribution in [0.1, 0.15) is 36.1 Å². The molecule has 200 valence electrons. The Labute approximate surface area is 225 Å². The molecule has 1 saturated heterocycles. The van der Waals surface area contributed by atoms with Gasteiger partial charge in [-0.05, 0) is 50.2 Å². The Hall–Kier alpha value is -4.57. The third-order valence-electron chi connectivity index (χ3n) is 7.06. The first-order valence-corrected chi connectivity index (χ1v) is 12.9. The summed E-state index contributed by atoms with van der Waals surface area (Å²) < 4.78 is 7.50. The van der Waals surface area contributed by atoms with Crippen molar-refractivity contribution in [3.05, 3.63) is 105 Å². The number of fused-ring (bicyclic) bond motifs is 1. The van der Waals surface area contributed by atoms with Crippen LogP contribution < -0.4 is 10.3 Å². The summed E-state index contributed by atoms with van der Waals surface area (Å²) in [4.78, 5) is 46.2. The molecule has 10 nitrogen and oxygen atoms in total. The first kappa shape index (κ1) is 26.1. The molecule has 3 aromatic carbocycles. The SMILES string of the molecule is CCOc1ccccc1-n1c(C(C)N2CCN(C(=O)c3ccc([N+](=O)[O-])cc3)CC2)nc2ccccc2c1=O. The normalized spacial score (nSPS) is 14.8. The molecule has 0 bridgehead atoms. The van der Waals surface area contributed by atoms with Gasteiger partial charge in [0.1, 0.15) is 11.6 Å². The summed E-state index contributed by atoms with van der Waals surface area (Å²) in [5, 5.41) is 11.5. The lowest BCUT2D eigenvalue weighted by molar-refractivity contribution is -0.384. The molecule has 1 amide bonds. The van der Waals surface area contributed by atoms with Gasteiger partial charge in [-0.25, -0.2) is 4.98 Å². The van der Waals surface area contributed by atoms with E-state index in [2.05, 4.69) is 4.90 Å². The van der Waals surface area contributed by atoms with Crippen molar-refractivity contribution in [2.45, 2.75) is 19.9 Å². The van der Waals surface area contributed by atoms with Gasteiger partial charge in [0.05, 0.1) is 34.2 Å². The predicted molar refractivity (Wildman–Crippen MR) is 147 cm³/mol. The summed E-state index contributed by atoms with van der Waals surface area (Å²) in [6.07, 6.45) is 0. The van der Waals surface area contributed by atoms with Crippen LogP contribution in [0.4, 0.5) is 5.69 Å². The monoisotopic (exact) mass is 527 g/mol. The van der Waals surface area contributed by atoms with Crippen molar-refractivity contribution >= 4 is 22.5 Å². The number of hydrogen-bond donors (Lipinski definition) is 0. The van der Waals surface area contributed by atoms with Crippen LogP contribution in [0.15, 0.2) is 77.6 Å². The van der Waals surface area contributed by atoms with Gasteiger partial charge >= 0.3 is 0 Å². The van der Waals surface area contributed by atoms with E-state index in [0.717, 1.165) is 0 Å². The minimum Gasteiger partial charge on any atom is -0.492 e. The lowest BCUT2D eigenvalue weighted by Crippen LogP contribution is -2.50. The van der Waals surface area contributed by atoms with Crippen molar-refractivity contribution < 1.29 is 14.5 Å². The summed E-state index contributed by atoms with van der Waals surface area (Å²) in [6.45, 7) is 6.50. The zero-order valence-corrected chi connectivity index (χ0v) is 21.8. The molecule has 1 aliphatic rings. The maximum Gasteiger partial charge on any atom is 0.269 e. The molecule has 1 aliphatic heterocycles. The van der Waals surface area contributed by atoms with Gasteiger partial charge in [-0.1, -0.05) is 24.3 Å². The van der Waals surface area contributed by atoms with E-state index >= 15 is 0 Å². The molecule has 5 rings (SSSR count). The van der Waals surface area contributed by atoms with Gasteiger partial charge in [0.15, 0.2) is 0 Å². The number of amides is 1. The number of nitro benzene ring substituents is 1. The van der Waals surface area contributed by atoms with Crippen LogP contribution in [0.3, 0.4) is 0 Å². The molecule has 0 aliphatic carbocycles. The van der Waals surface area contributed by atoms with Crippen molar-refractivity contribution in [2.24, 2.45) is 0 Å². The standard InChI is InChI=1S/C29H29N5O5/c1-3-39-26-11-7-6-10-25(26)33-27(30-24-9-5-4-8-23(24)29(33)36)20(2)31-16-18-32(19-17-31)28(35)21-12-14-22(15-13-21)34(37)38/h4-15,20H,3,16-19H2,1-2H3. The lowest BCUT2D eigenvalue weighted by atomic mass is 10.1. The molecule has 0 saturated carbocycles. The smallest absolute Gasteiger partial charge is 0.269 e. The Morgan fingerprint density at radius 3 is 2.36 bits per heavy atom. The van der Waals surface area contributed by atoms with Gasteiger partial charge in [-0.15, -0.1) is 0 Å². The van der Waals surface area contributed by atoms with Crippen molar-refractivity contribution in [1.82, 2.24) is 19.4 Å². The molecule has 1 fully saturated rings. The second-order valence-corrected chi connectivity index (χ2v) is 9.34. The number of aromatic nitrogens is 2. The van der Waals surface area contributed by atoms with Crippen molar-refractivity contribution in [1.29, 1.82) is 0 Å². The fourth-order valence-corrected chi connectivity index (χ4v) is 4.97. The number of non-ortho nitro benzene ring substituents is 1. The van der Waals surface area contributed by atoms with E-state index < -0.39 is 4.92 Å². The zero-order valence-electron chi connectivity index (χ0n) is 21.8. The second-order valence-electron chi connectivity index (χ2n) is 9.34. The highest BCUT2D eigenvalue weighted by Crippen LogP contribution is 2.28. The second kappa shape index (κ2) is 11.0. The minimum absolute atomic E-state index is 0.0509. The quantitative estimate of drug-likeness (QED) is 0.261. The zero-order chi connectivity index (χ0) is 27.5. The molecule has 39 heavy (non-hydrogen) atoms. The van der Waals surface area contributed by atoms with Crippen LogP contribution in [-0.4, -0.2) is 63.0 Å². The van der Waals surface area contributed by atoms with Crippen LogP contribution in [0.5, 0.6) is 5.75 Å². The first-order chi connectivity index (χ1) is 18.9. The van der Waals surface area contributed by atoms with Gasteiger partial charge in [0.25, 0.3) is 17.2 Å². The predicted octanol–water partition coefficient (Wildman–Crippen LogP) is 4.21. The van der Waals surface area contributed by atoms with Crippen LogP contribution in [0.25, 0.3) is 16.6 Å². The van der Waals surface area contributed by atoms with Crippen LogP contribution in [-0.2, 0) is 0 Å². The van der Waals surface area contributed by atoms with E-state index in [1.807, 2.05) is 56.3 Å². The Kier molecular flexibility index (Phi) is 7.38. The summed E-state index contributed by atoms with van der Waals surface area (Å²) in [7, 11) is 0. The Balaban J connectivity index is 1.43. The Morgan fingerprint density at radius 1 is 1.00 bits per heavy atom. The van der Waals surface area contributed by atoms with E-state index in [4.69, 9.17) is 9.72 Å². The Bertz CT molecular complexity index is 1580. The Morgan fingerprint density at radius 2 is 1.67 bits per heavy atom. The third-order valence-corrected chi connectivity index (χ3v) is 7.06. The molecule has 0 spiro atoms. The molecule has 1 aromatic heterocycles. The first-order valence-electron chi connectivity index (χ1n) is 12.9. The third kappa shape index (κ3) is 5.10. The lowest BCUT2D eigenvalue weighted by Gasteiger charge is -2.38. The maximum atomic E-state index is 13.8. The largest absolute Gasteiger partial charge is 0.492 e. The number of carbonyl (C=O) groups excluding carboxylic acids is 1. The van der Waals surface area contributed by atoms with E-state index in [0.29, 0.717) is 66.5 Å². The van der Waals surface area contributed by atoms with Crippen molar-refractivity contribution in [2.75, 3.05) is 32.8 Å². The van der Waals surface area contributed by atoms with Gasteiger partial charge in [-0.2, -0.15) is 0 Å². The summed E-state index contributed by atoms with van der Waals surface area (Å²) >= 11 is 0. The molecule has 4 aromatic rings. The van der Waals surface area contributed by atoms with Gasteiger partial charge in [0, 0.05) is 43.9 Å². The average molecular weight is 528 g/mol. The van der Waals surface area contributed by atoms with Gasteiger partial charge in [0.2, 0.25) is 0 Å². The van der Waals surface area contributed by atoms with E-state index in [1.54, 1.807) is 15.5 Å². The number of rotatable bonds is 7.